The molecule has 0 aliphatic heterocycles. The van der Waals surface area contributed by atoms with Gasteiger partial charge in [-0.1, -0.05) is 48.5 Å². The molecular weight excluding hydrogens is 412 g/mol. The van der Waals surface area contributed by atoms with Crippen molar-refractivity contribution < 1.29 is 24.2 Å². The zero-order valence-electron chi connectivity index (χ0n) is 17.6. The number of aliphatic carboxylic acids is 1. The van der Waals surface area contributed by atoms with Crippen LogP contribution in [0.4, 0.5) is 10.6 Å². The number of rotatable bonds is 6. The number of hydrogen-bond donors (Lipinski definition) is 2. The van der Waals surface area contributed by atoms with Crippen molar-refractivity contribution in [1.82, 2.24) is 14.7 Å². The van der Waals surface area contributed by atoms with Crippen molar-refractivity contribution in [3.63, 3.8) is 0 Å². The Morgan fingerprint density at radius 2 is 1.69 bits per heavy atom. The Bertz CT molecular complexity index is 1160. The minimum absolute atomic E-state index is 0.0187. The number of nitrogens with one attached hydrogen (secondary N) is 1. The largest absolute Gasteiger partial charge is 0.480 e. The number of aryl methyl sites for hydroxylation is 1. The van der Waals surface area contributed by atoms with Crippen LogP contribution < -0.4 is 5.32 Å². The molecule has 0 spiro atoms. The molecule has 0 saturated heterocycles. The Kier molecular flexibility index (Phi) is 5.63. The van der Waals surface area contributed by atoms with E-state index in [4.69, 9.17) is 9.84 Å². The third kappa shape index (κ3) is 4.04. The number of amides is 2. The van der Waals surface area contributed by atoms with Crippen LogP contribution in [-0.4, -0.2) is 58.0 Å². The maximum Gasteiger partial charge on any atom is 0.412 e. The molecule has 4 rings (SSSR count). The fourth-order valence-electron chi connectivity index (χ4n) is 3.90. The first kappa shape index (κ1) is 21.1. The second-order valence-corrected chi connectivity index (χ2v) is 7.54. The van der Waals surface area contributed by atoms with Gasteiger partial charge >= 0.3 is 12.1 Å². The number of ether oxygens (including phenoxy) is 1. The minimum atomic E-state index is -1.13. The molecule has 1 aromatic heterocycles. The third-order valence-corrected chi connectivity index (χ3v) is 5.39. The lowest BCUT2D eigenvalue weighted by atomic mass is 9.98. The van der Waals surface area contributed by atoms with Crippen LogP contribution >= 0.6 is 0 Å². The Labute approximate surface area is 184 Å². The predicted octanol–water partition coefficient (Wildman–Crippen LogP) is 2.94. The highest BCUT2D eigenvalue weighted by Gasteiger charge is 2.29. The SMILES string of the molecule is CN(CC(=O)O)C(=O)c1cc(NC(=O)OCC2c3ccccc3-c3ccccc32)n(C)n1. The molecule has 2 N–H and O–H groups in total. The summed E-state index contributed by atoms with van der Waals surface area (Å²) in [6.07, 6.45) is -0.673. The highest BCUT2D eigenvalue weighted by atomic mass is 16.5. The normalized spacial score (nSPS) is 12.1. The van der Waals surface area contributed by atoms with E-state index in [0.717, 1.165) is 27.2 Å². The van der Waals surface area contributed by atoms with Gasteiger partial charge < -0.3 is 14.7 Å². The summed E-state index contributed by atoms with van der Waals surface area (Å²) < 4.78 is 6.83. The molecule has 164 valence electrons. The molecule has 1 aliphatic carbocycles. The first-order valence-electron chi connectivity index (χ1n) is 9.98. The molecule has 0 fully saturated rings. The number of hydrogen-bond acceptors (Lipinski definition) is 5. The van der Waals surface area contributed by atoms with Crippen molar-refractivity contribution >= 4 is 23.8 Å². The van der Waals surface area contributed by atoms with Crippen LogP contribution in [0, 0.1) is 0 Å². The number of benzene rings is 2. The van der Waals surface area contributed by atoms with Crippen LogP contribution in [0.3, 0.4) is 0 Å². The monoisotopic (exact) mass is 434 g/mol. The van der Waals surface area contributed by atoms with Crippen molar-refractivity contribution in [2.45, 2.75) is 5.92 Å². The van der Waals surface area contributed by atoms with Gasteiger partial charge in [0, 0.05) is 26.1 Å². The molecule has 1 aliphatic rings. The summed E-state index contributed by atoms with van der Waals surface area (Å²) in [4.78, 5) is 36.6. The summed E-state index contributed by atoms with van der Waals surface area (Å²) in [6, 6.07) is 17.5. The van der Waals surface area contributed by atoms with E-state index in [1.165, 1.54) is 17.8 Å². The third-order valence-electron chi connectivity index (χ3n) is 5.39. The van der Waals surface area contributed by atoms with Crippen molar-refractivity contribution in [2.24, 2.45) is 7.05 Å². The predicted molar refractivity (Wildman–Crippen MR) is 116 cm³/mol. The van der Waals surface area contributed by atoms with Gasteiger partial charge in [0.15, 0.2) is 5.69 Å². The summed E-state index contributed by atoms with van der Waals surface area (Å²) in [5.41, 5.74) is 4.51. The number of carbonyl (C=O) groups excluding carboxylic acids is 2. The number of aromatic nitrogens is 2. The Morgan fingerprint density at radius 3 is 2.28 bits per heavy atom. The number of carbonyl (C=O) groups is 3. The first-order valence-corrected chi connectivity index (χ1v) is 9.98. The highest BCUT2D eigenvalue weighted by Crippen LogP contribution is 2.44. The van der Waals surface area contributed by atoms with Crippen molar-refractivity contribution in [1.29, 1.82) is 0 Å². The Hall–Kier alpha value is -4.14. The van der Waals surface area contributed by atoms with Gasteiger partial charge in [0.2, 0.25) is 0 Å². The molecule has 0 bridgehead atoms. The fourth-order valence-corrected chi connectivity index (χ4v) is 3.90. The summed E-state index contributed by atoms with van der Waals surface area (Å²) in [5.74, 6) is -1.51. The van der Waals surface area contributed by atoms with Gasteiger partial charge in [-0.15, -0.1) is 0 Å². The Morgan fingerprint density at radius 1 is 1.09 bits per heavy atom. The summed E-state index contributed by atoms with van der Waals surface area (Å²) in [6.45, 7) is -0.296. The second kappa shape index (κ2) is 8.54. The van der Waals surface area contributed by atoms with E-state index >= 15 is 0 Å². The molecule has 2 aromatic carbocycles. The standard InChI is InChI=1S/C23H22N4O5/c1-26(12-21(28)29)22(30)19-11-20(27(2)25-19)24-23(31)32-13-18-16-9-5-3-7-14(16)15-8-4-6-10-17(15)18/h3-11,18H,12-13H2,1-2H3,(H,24,31)(H,28,29). The topological polar surface area (TPSA) is 114 Å². The lowest BCUT2D eigenvalue weighted by Gasteiger charge is -2.14. The smallest absolute Gasteiger partial charge is 0.412 e. The van der Waals surface area contributed by atoms with E-state index in [9.17, 15) is 14.4 Å². The number of nitrogens with zero attached hydrogens (tertiary/aromatic N) is 3. The van der Waals surface area contributed by atoms with Crippen LogP contribution in [0.1, 0.15) is 27.5 Å². The molecule has 32 heavy (non-hydrogen) atoms. The average Bonchev–Trinajstić information content (AvgIpc) is 3.29. The van der Waals surface area contributed by atoms with Gasteiger partial charge in [0.05, 0.1) is 0 Å². The number of likely N-dealkylation sites (N-methyl/N-ethyl adjacent to an activating group) is 1. The zero-order chi connectivity index (χ0) is 22.8. The van der Waals surface area contributed by atoms with Gasteiger partial charge in [0.25, 0.3) is 5.91 Å². The van der Waals surface area contributed by atoms with Gasteiger partial charge in [-0.05, 0) is 22.3 Å². The number of anilines is 1. The lowest BCUT2D eigenvalue weighted by molar-refractivity contribution is -0.137. The summed E-state index contributed by atoms with van der Waals surface area (Å²) >= 11 is 0. The van der Waals surface area contributed by atoms with E-state index in [2.05, 4.69) is 22.5 Å². The molecular formula is C23H22N4O5. The second-order valence-electron chi connectivity index (χ2n) is 7.54. The van der Waals surface area contributed by atoms with E-state index in [1.807, 2.05) is 36.4 Å². The molecule has 0 radical (unpaired) electrons. The molecule has 0 saturated carbocycles. The molecule has 3 aromatic rings. The van der Waals surface area contributed by atoms with Gasteiger partial charge in [0.1, 0.15) is 19.0 Å². The minimum Gasteiger partial charge on any atom is -0.480 e. The van der Waals surface area contributed by atoms with Crippen LogP contribution in [0.2, 0.25) is 0 Å². The van der Waals surface area contributed by atoms with Crippen LogP contribution in [0.25, 0.3) is 11.1 Å². The summed E-state index contributed by atoms with van der Waals surface area (Å²) in [7, 11) is 2.93. The average molecular weight is 434 g/mol. The van der Waals surface area contributed by atoms with E-state index in [-0.39, 0.29) is 24.0 Å². The lowest BCUT2D eigenvalue weighted by Crippen LogP contribution is -2.32. The zero-order valence-corrected chi connectivity index (χ0v) is 17.6. The van der Waals surface area contributed by atoms with E-state index in [1.54, 1.807) is 7.05 Å². The van der Waals surface area contributed by atoms with E-state index in [0.29, 0.717) is 0 Å². The van der Waals surface area contributed by atoms with Crippen LogP contribution in [0.15, 0.2) is 54.6 Å². The number of fused-ring (bicyclic) bond motifs is 3. The number of carboxylic acids is 1. The van der Waals surface area contributed by atoms with Crippen LogP contribution in [-0.2, 0) is 16.6 Å². The maximum absolute atomic E-state index is 12.5. The maximum atomic E-state index is 12.5. The highest BCUT2D eigenvalue weighted by molar-refractivity contribution is 5.95. The quantitative estimate of drug-likeness (QED) is 0.617. The van der Waals surface area contributed by atoms with Gasteiger partial charge in [-0.25, -0.2) is 4.79 Å². The van der Waals surface area contributed by atoms with Gasteiger partial charge in [-0.3, -0.25) is 19.6 Å². The molecule has 9 heteroatoms. The summed E-state index contributed by atoms with van der Waals surface area (Å²) in [5, 5.41) is 15.5. The molecule has 0 unspecified atom stereocenters. The van der Waals surface area contributed by atoms with Gasteiger partial charge in [-0.2, -0.15) is 5.10 Å². The van der Waals surface area contributed by atoms with Crippen LogP contribution in [0.5, 0.6) is 0 Å². The molecule has 2 amide bonds. The van der Waals surface area contributed by atoms with E-state index < -0.39 is 24.5 Å². The molecule has 9 nitrogen and oxygen atoms in total. The van der Waals surface area contributed by atoms with Crippen molar-refractivity contribution in [2.75, 3.05) is 25.5 Å². The first-order chi connectivity index (χ1) is 15.3. The van der Waals surface area contributed by atoms with Crippen molar-refractivity contribution in [3.05, 3.63) is 71.4 Å². The molecule has 1 heterocycles. The number of carboxylic acid groups (broad SMARTS) is 1. The van der Waals surface area contributed by atoms with Crippen molar-refractivity contribution in [3.8, 4) is 11.1 Å². The fraction of sp³-hybridized carbons (Fsp3) is 0.217. The molecule has 0 atom stereocenters. The Balaban J connectivity index is 1.43.